The number of aliphatic hydroxyl groups is 1. The monoisotopic (exact) mass is 236 g/mol. The Morgan fingerprint density at radius 3 is 2.76 bits per heavy atom. The van der Waals surface area contributed by atoms with Gasteiger partial charge in [0.1, 0.15) is 0 Å². The van der Waals surface area contributed by atoms with Gasteiger partial charge in [0.25, 0.3) is 0 Å². The summed E-state index contributed by atoms with van der Waals surface area (Å²) in [6.45, 7) is 2.97. The molecule has 17 heavy (non-hydrogen) atoms. The molecule has 0 bridgehead atoms. The molecule has 0 spiro atoms. The van der Waals surface area contributed by atoms with Crippen molar-refractivity contribution in [3.63, 3.8) is 0 Å². The van der Waals surface area contributed by atoms with Crippen LogP contribution in [0.25, 0.3) is 0 Å². The highest BCUT2D eigenvalue weighted by Crippen LogP contribution is 2.50. The first-order valence-corrected chi connectivity index (χ1v) is 5.86. The van der Waals surface area contributed by atoms with E-state index in [4.69, 9.17) is 4.74 Å². The van der Waals surface area contributed by atoms with Crippen LogP contribution in [-0.2, 0) is 11.2 Å². The van der Waals surface area contributed by atoms with Crippen LogP contribution in [-0.4, -0.2) is 34.1 Å². The molecule has 0 radical (unpaired) electrons. The maximum absolute atomic E-state index is 10.6. The molecule has 4 nitrogen and oxygen atoms in total. The Kier molecular flexibility index (Phi) is 2.15. The van der Waals surface area contributed by atoms with Crippen LogP contribution in [0, 0.1) is 5.92 Å². The Hall–Kier alpha value is -1.26. The zero-order valence-electron chi connectivity index (χ0n) is 9.68. The van der Waals surface area contributed by atoms with Gasteiger partial charge in [0.2, 0.25) is 0 Å². The first-order chi connectivity index (χ1) is 8.01. The van der Waals surface area contributed by atoms with E-state index in [1.807, 2.05) is 6.92 Å². The maximum atomic E-state index is 10.6. The third kappa shape index (κ3) is 1.44. The molecule has 3 rings (SSSR count). The van der Waals surface area contributed by atoms with E-state index in [0.717, 1.165) is 11.1 Å². The van der Waals surface area contributed by atoms with Crippen molar-refractivity contribution < 1.29 is 20.1 Å². The molecule has 1 saturated heterocycles. The molecule has 1 aromatic carbocycles. The summed E-state index contributed by atoms with van der Waals surface area (Å²) in [6, 6.07) is 3.13. The molecule has 3 atom stereocenters. The van der Waals surface area contributed by atoms with Crippen LogP contribution in [0.1, 0.15) is 24.0 Å². The van der Waals surface area contributed by atoms with Crippen molar-refractivity contribution in [2.45, 2.75) is 24.9 Å². The Morgan fingerprint density at radius 2 is 2.00 bits per heavy atom. The molecular formula is C13H16O4. The van der Waals surface area contributed by atoms with Gasteiger partial charge in [-0.15, -0.1) is 0 Å². The number of phenolic OH excluding ortho intramolecular Hbond substituents is 2. The van der Waals surface area contributed by atoms with Gasteiger partial charge in [-0.25, -0.2) is 0 Å². The number of hydrogen-bond acceptors (Lipinski definition) is 4. The van der Waals surface area contributed by atoms with Gasteiger partial charge in [-0.2, -0.15) is 0 Å². The molecule has 1 fully saturated rings. The predicted octanol–water partition coefficient (Wildman–Crippen LogP) is 1.13. The van der Waals surface area contributed by atoms with Crippen LogP contribution in [0.2, 0.25) is 0 Å². The fraction of sp³-hybridized carbons (Fsp3) is 0.538. The SMILES string of the molecule is CC1COCC2(O)Cc3cc(O)c(O)cc3C12. The quantitative estimate of drug-likeness (QED) is 0.591. The molecule has 4 heteroatoms. The van der Waals surface area contributed by atoms with Crippen LogP contribution >= 0.6 is 0 Å². The minimum atomic E-state index is -0.889. The molecule has 0 amide bonds. The first kappa shape index (κ1) is 10.9. The van der Waals surface area contributed by atoms with E-state index in [2.05, 4.69) is 0 Å². The minimum Gasteiger partial charge on any atom is -0.504 e. The number of hydrogen-bond donors (Lipinski definition) is 3. The summed E-state index contributed by atoms with van der Waals surface area (Å²) in [5, 5.41) is 29.7. The summed E-state index contributed by atoms with van der Waals surface area (Å²) >= 11 is 0. The molecule has 1 aliphatic heterocycles. The number of benzene rings is 1. The zero-order chi connectivity index (χ0) is 12.2. The summed E-state index contributed by atoms with van der Waals surface area (Å²) in [6.07, 6.45) is 0.477. The van der Waals surface area contributed by atoms with Gasteiger partial charge in [-0.1, -0.05) is 6.92 Å². The Morgan fingerprint density at radius 1 is 1.29 bits per heavy atom. The predicted molar refractivity (Wildman–Crippen MR) is 61.1 cm³/mol. The van der Waals surface area contributed by atoms with Crippen LogP contribution in [0.3, 0.4) is 0 Å². The van der Waals surface area contributed by atoms with Gasteiger partial charge < -0.3 is 20.1 Å². The standard InChI is InChI=1S/C13H16O4/c1-7-5-17-6-13(16)4-8-2-10(14)11(15)3-9(8)12(7)13/h2-3,7,12,14-16H,4-6H2,1H3. The Labute approximate surface area is 99.5 Å². The Balaban J connectivity index is 2.12. The Bertz CT molecular complexity index is 471. The van der Waals surface area contributed by atoms with Gasteiger partial charge in [-0.05, 0) is 29.2 Å². The molecule has 3 unspecified atom stereocenters. The number of phenols is 2. The third-order valence-electron chi connectivity index (χ3n) is 3.95. The zero-order valence-corrected chi connectivity index (χ0v) is 9.68. The molecule has 2 aliphatic rings. The van der Waals surface area contributed by atoms with E-state index in [-0.39, 0.29) is 23.3 Å². The fourth-order valence-electron chi connectivity index (χ4n) is 3.30. The van der Waals surface area contributed by atoms with Gasteiger partial charge in [0.05, 0.1) is 12.2 Å². The topological polar surface area (TPSA) is 69.9 Å². The fourth-order valence-corrected chi connectivity index (χ4v) is 3.30. The molecule has 92 valence electrons. The maximum Gasteiger partial charge on any atom is 0.157 e. The molecule has 1 aromatic rings. The lowest BCUT2D eigenvalue weighted by atomic mass is 9.78. The highest BCUT2D eigenvalue weighted by molar-refractivity contribution is 5.51. The lowest BCUT2D eigenvalue weighted by molar-refractivity contribution is -0.114. The van der Waals surface area contributed by atoms with E-state index in [9.17, 15) is 15.3 Å². The van der Waals surface area contributed by atoms with Crippen LogP contribution in [0.4, 0.5) is 0 Å². The molecule has 1 heterocycles. The number of fused-ring (bicyclic) bond motifs is 3. The lowest BCUT2D eigenvalue weighted by Gasteiger charge is -2.39. The second-order valence-corrected chi connectivity index (χ2v) is 5.29. The van der Waals surface area contributed by atoms with Crippen LogP contribution in [0.5, 0.6) is 11.5 Å². The van der Waals surface area contributed by atoms with Gasteiger partial charge in [0.15, 0.2) is 11.5 Å². The van der Waals surface area contributed by atoms with E-state index < -0.39 is 5.60 Å². The average Bonchev–Trinajstić information content (AvgIpc) is 2.52. The molecule has 0 aromatic heterocycles. The molecule has 3 N–H and O–H groups in total. The van der Waals surface area contributed by atoms with Crippen molar-refractivity contribution in [2.24, 2.45) is 5.92 Å². The van der Waals surface area contributed by atoms with E-state index in [0.29, 0.717) is 19.6 Å². The third-order valence-corrected chi connectivity index (χ3v) is 3.95. The number of ether oxygens (including phenoxy) is 1. The summed E-state index contributed by atoms with van der Waals surface area (Å²) in [5.74, 6) is -0.0528. The summed E-state index contributed by atoms with van der Waals surface area (Å²) in [5.41, 5.74) is 0.962. The van der Waals surface area contributed by atoms with Crippen molar-refractivity contribution >= 4 is 0 Å². The van der Waals surface area contributed by atoms with Crippen molar-refractivity contribution in [1.29, 1.82) is 0 Å². The highest BCUT2D eigenvalue weighted by atomic mass is 16.5. The van der Waals surface area contributed by atoms with Gasteiger partial charge in [-0.3, -0.25) is 0 Å². The van der Waals surface area contributed by atoms with Crippen LogP contribution < -0.4 is 0 Å². The number of rotatable bonds is 0. The van der Waals surface area contributed by atoms with Gasteiger partial charge >= 0.3 is 0 Å². The summed E-state index contributed by atoms with van der Waals surface area (Å²) in [4.78, 5) is 0. The van der Waals surface area contributed by atoms with Gasteiger partial charge in [0, 0.05) is 18.9 Å². The highest BCUT2D eigenvalue weighted by Gasteiger charge is 2.50. The second kappa shape index (κ2) is 3.37. The van der Waals surface area contributed by atoms with E-state index in [1.54, 1.807) is 12.1 Å². The minimum absolute atomic E-state index is 0.0160. The molecule has 0 saturated carbocycles. The van der Waals surface area contributed by atoms with E-state index in [1.165, 1.54) is 0 Å². The summed E-state index contributed by atoms with van der Waals surface area (Å²) in [7, 11) is 0. The normalized spacial score (nSPS) is 35.4. The second-order valence-electron chi connectivity index (χ2n) is 5.29. The molecule has 1 aliphatic carbocycles. The largest absolute Gasteiger partial charge is 0.504 e. The smallest absolute Gasteiger partial charge is 0.157 e. The molecular weight excluding hydrogens is 220 g/mol. The lowest BCUT2D eigenvalue weighted by Crippen LogP contribution is -2.46. The average molecular weight is 236 g/mol. The number of aromatic hydroxyl groups is 2. The van der Waals surface area contributed by atoms with Crippen molar-refractivity contribution in [3.05, 3.63) is 23.3 Å². The first-order valence-electron chi connectivity index (χ1n) is 5.86. The van der Waals surface area contributed by atoms with Crippen molar-refractivity contribution in [2.75, 3.05) is 13.2 Å². The van der Waals surface area contributed by atoms with Crippen molar-refractivity contribution in [1.82, 2.24) is 0 Å². The summed E-state index contributed by atoms with van der Waals surface area (Å²) < 4.78 is 5.42. The van der Waals surface area contributed by atoms with Crippen LogP contribution in [0.15, 0.2) is 12.1 Å². The van der Waals surface area contributed by atoms with Crippen molar-refractivity contribution in [3.8, 4) is 11.5 Å². The van der Waals surface area contributed by atoms with E-state index >= 15 is 0 Å².